The van der Waals surface area contributed by atoms with Crippen LogP contribution in [0.2, 0.25) is 0 Å². The molecule has 0 radical (unpaired) electrons. The number of fused-ring (bicyclic) bond motifs is 4. The molecule has 7 aromatic rings. The highest BCUT2D eigenvalue weighted by Crippen LogP contribution is 2.37. The summed E-state index contributed by atoms with van der Waals surface area (Å²) in [5.74, 6) is 0.532. The predicted molar refractivity (Wildman–Crippen MR) is 274 cm³/mol. The van der Waals surface area contributed by atoms with Gasteiger partial charge in [-0.3, -0.25) is 28.5 Å². The number of nitrogens with zero attached hydrogens (tertiary/aromatic N) is 9. The zero-order valence-corrected chi connectivity index (χ0v) is 42.9. The standard InChI is InChI=1S/C52H65N11O10/c1-9-62-40(24-33(3)58-62)42(65)31-55-51-56-39-26-35(32-64)27-43(71-18-13-17-68-8)47(39)61(51)16-12-11-15-60-46-37(38-30-54-49(57-50(38)60)41-25-34(4)59-63(41)10-2)28-36(48(53)67)29-44(46)72-23-22-70-21-20-69-19-14-45(66)73-52(5,6)7/h11-12,24-30,32H,9-10,13-23,31H2,1-8H3,(H2,53,67)(H,55,56)/b12-11+. The number of rotatable bonds is 28. The number of hydrogen-bond donors (Lipinski definition) is 2. The van der Waals surface area contributed by atoms with Gasteiger partial charge >= 0.3 is 5.97 Å². The summed E-state index contributed by atoms with van der Waals surface area (Å²) in [6.45, 7) is 16.6. The molecule has 0 atom stereocenters. The highest BCUT2D eigenvalue weighted by molar-refractivity contribution is 6.11. The third-order valence-corrected chi connectivity index (χ3v) is 11.5. The summed E-state index contributed by atoms with van der Waals surface area (Å²) >= 11 is 0. The lowest BCUT2D eigenvalue weighted by Gasteiger charge is -2.19. The number of aryl methyl sites for hydroxylation is 4. The number of amides is 1. The van der Waals surface area contributed by atoms with Crippen LogP contribution in [-0.2, 0) is 49.9 Å². The van der Waals surface area contributed by atoms with E-state index in [2.05, 4.69) is 15.5 Å². The fraction of sp³-hybridized carbons (Fsp3) is 0.442. The summed E-state index contributed by atoms with van der Waals surface area (Å²) in [7, 11) is 1.62. The molecule has 0 aliphatic rings. The van der Waals surface area contributed by atoms with Crippen LogP contribution < -0.4 is 20.5 Å². The highest BCUT2D eigenvalue weighted by atomic mass is 16.6. The number of nitrogens with one attached hydrogen (secondary N) is 1. The number of carbonyl (C=O) groups is 4. The molecule has 73 heavy (non-hydrogen) atoms. The smallest absolute Gasteiger partial charge is 0.308 e. The van der Waals surface area contributed by atoms with Crippen molar-refractivity contribution in [2.75, 3.05) is 65.2 Å². The van der Waals surface area contributed by atoms with Crippen LogP contribution in [0, 0.1) is 13.8 Å². The van der Waals surface area contributed by atoms with Gasteiger partial charge in [-0.05, 0) is 84.9 Å². The number of ketones is 1. The van der Waals surface area contributed by atoms with Crippen molar-refractivity contribution in [3.05, 3.63) is 83.0 Å². The summed E-state index contributed by atoms with van der Waals surface area (Å²) < 4.78 is 42.1. The first-order valence-electron chi connectivity index (χ1n) is 24.4. The fourth-order valence-electron chi connectivity index (χ4n) is 8.31. The number of aromatic nitrogens is 9. The number of esters is 1. The van der Waals surface area contributed by atoms with Crippen molar-refractivity contribution in [1.82, 2.24) is 43.6 Å². The molecule has 21 nitrogen and oxygen atoms in total. The molecule has 7 rings (SSSR count). The van der Waals surface area contributed by atoms with Crippen LogP contribution in [0.1, 0.15) is 90.1 Å². The normalized spacial score (nSPS) is 11.9. The van der Waals surface area contributed by atoms with Gasteiger partial charge in [0.1, 0.15) is 52.5 Å². The Balaban J connectivity index is 1.21. The van der Waals surface area contributed by atoms with Gasteiger partial charge in [0, 0.05) is 74.4 Å². The number of methoxy groups -OCH3 is 1. The summed E-state index contributed by atoms with van der Waals surface area (Å²) in [5, 5.41) is 13.6. The molecule has 2 aromatic carbocycles. The molecule has 3 N–H and O–H groups in total. The van der Waals surface area contributed by atoms with E-state index in [-0.39, 0.29) is 76.4 Å². The Labute approximate surface area is 422 Å². The molecule has 0 aliphatic heterocycles. The fourth-order valence-corrected chi connectivity index (χ4v) is 8.31. The molecule has 1 amide bonds. The van der Waals surface area contributed by atoms with E-state index >= 15 is 0 Å². The lowest BCUT2D eigenvalue weighted by atomic mass is 10.1. The molecule has 0 fully saturated rings. The second-order valence-electron chi connectivity index (χ2n) is 18.2. The summed E-state index contributed by atoms with van der Waals surface area (Å²) in [6.07, 6.45) is 7.15. The van der Waals surface area contributed by atoms with E-state index < -0.39 is 11.5 Å². The number of anilines is 1. The second kappa shape index (κ2) is 24.3. The molecular formula is C52H65N11O10. The maximum absolute atomic E-state index is 13.6. The van der Waals surface area contributed by atoms with E-state index in [0.29, 0.717) is 100 Å². The topological polar surface area (TPSA) is 246 Å². The minimum atomic E-state index is -0.640. The number of ether oxygens (including phenoxy) is 6. The molecule has 0 unspecified atom stereocenters. The summed E-state index contributed by atoms with van der Waals surface area (Å²) in [4.78, 5) is 65.4. The van der Waals surface area contributed by atoms with Crippen LogP contribution in [0.15, 0.2) is 54.7 Å². The number of hydrogen-bond acceptors (Lipinski definition) is 16. The average Bonchev–Trinajstić information content (AvgIpc) is 4.12. The molecule has 0 saturated heterocycles. The zero-order valence-electron chi connectivity index (χ0n) is 42.9. The first-order chi connectivity index (χ1) is 35.1. The molecule has 5 heterocycles. The number of Topliss-reactive ketones (excluding diaryl/α,β-unsaturated/α-hetero) is 1. The van der Waals surface area contributed by atoms with Crippen molar-refractivity contribution in [2.45, 2.75) is 93.1 Å². The van der Waals surface area contributed by atoms with Crippen LogP contribution in [0.3, 0.4) is 0 Å². The zero-order chi connectivity index (χ0) is 52.2. The monoisotopic (exact) mass is 1000 g/mol. The maximum atomic E-state index is 13.6. The van der Waals surface area contributed by atoms with E-state index in [0.717, 1.165) is 23.4 Å². The molecule has 0 saturated carbocycles. The van der Waals surface area contributed by atoms with Gasteiger partial charge in [-0.15, -0.1) is 0 Å². The van der Waals surface area contributed by atoms with E-state index in [1.165, 1.54) is 0 Å². The van der Waals surface area contributed by atoms with E-state index in [4.69, 9.17) is 49.1 Å². The summed E-state index contributed by atoms with van der Waals surface area (Å²) in [6, 6.07) is 10.4. The van der Waals surface area contributed by atoms with E-state index in [1.54, 1.807) is 48.3 Å². The highest BCUT2D eigenvalue weighted by Gasteiger charge is 2.23. The van der Waals surface area contributed by atoms with Gasteiger partial charge in [-0.2, -0.15) is 10.2 Å². The molecule has 21 heteroatoms. The minimum Gasteiger partial charge on any atom is -0.491 e. The molecule has 0 aliphatic carbocycles. The van der Waals surface area contributed by atoms with Gasteiger partial charge in [0.2, 0.25) is 11.9 Å². The third-order valence-electron chi connectivity index (χ3n) is 11.5. The lowest BCUT2D eigenvalue weighted by molar-refractivity contribution is -0.156. The van der Waals surface area contributed by atoms with Crippen LogP contribution >= 0.6 is 0 Å². The van der Waals surface area contributed by atoms with Gasteiger partial charge in [-0.1, -0.05) is 12.2 Å². The van der Waals surface area contributed by atoms with Gasteiger partial charge in [0.15, 0.2) is 11.6 Å². The van der Waals surface area contributed by atoms with Crippen molar-refractivity contribution in [1.29, 1.82) is 0 Å². The van der Waals surface area contributed by atoms with Gasteiger partial charge < -0.3 is 48.6 Å². The number of allylic oxidation sites excluding steroid dienone is 2. The lowest BCUT2D eigenvalue weighted by Crippen LogP contribution is -2.24. The first kappa shape index (κ1) is 53.3. The number of primary amides is 1. The van der Waals surface area contributed by atoms with Gasteiger partial charge in [-0.25, -0.2) is 15.0 Å². The van der Waals surface area contributed by atoms with Crippen LogP contribution in [-0.4, -0.2) is 133 Å². The van der Waals surface area contributed by atoms with Crippen molar-refractivity contribution in [2.24, 2.45) is 5.73 Å². The number of carbonyl (C=O) groups excluding carboxylic acids is 4. The van der Waals surface area contributed by atoms with Gasteiger partial charge in [0.05, 0.1) is 68.4 Å². The summed E-state index contributed by atoms with van der Waals surface area (Å²) in [5.41, 5.74) is 11.1. The average molecular weight is 1000 g/mol. The number of imidazole rings is 1. The largest absolute Gasteiger partial charge is 0.491 e. The number of aldehydes is 1. The Morgan fingerprint density at radius 2 is 1.45 bits per heavy atom. The molecular weight excluding hydrogens is 939 g/mol. The quantitative estimate of drug-likeness (QED) is 0.0171. The Hall–Kier alpha value is -7.49. The third kappa shape index (κ3) is 13.1. The molecule has 5 aromatic heterocycles. The number of nitrogens with two attached hydrogens (primary N) is 1. The predicted octanol–water partition coefficient (Wildman–Crippen LogP) is 6.67. The Bertz CT molecular complexity index is 3120. The van der Waals surface area contributed by atoms with Crippen molar-refractivity contribution >= 4 is 62.9 Å². The van der Waals surface area contributed by atoms with Gasteiger partial charge in [0.25, 0.3) is 0 Å². The van der Waals surface area contributed by atoms with Crippen LogP contribution in [0.25, 0.3) is 44.5 Å². The maximum Gasteiger partial charge on any atom is 0.308 e. The Kier molecular flexibility index (Phi) is 17.7. The van der Waals surface area contributed by atoms with E-state index in [1.807, 2.05) is 80.5 Å². The van der Waals surface area contributed by atoms with Crippen molar-refractivity contribution < 1.29 is 47.6 Å². The Morgan fingerprint density at radius 3 is 2.16 bits per heavy atom. The molecule has 0 bridgehead atoms. The first-order valence-corrected chi connectivity index (χ1v) is 24.4. The van der Waals surface area contributed by atoms with Crippen molar-refractivity contribution in [3.8, 4) is 23.0 Å². The van der Waals surface area contributed by atoms with Crippen molar-refractivity contribution in [3.63, 3.8) is 0 Å². The SMILES string of the molecule is CCn1nc(C)cc1C(=O)CNc1nc2cc(C=O)cc(OCCCOC)c2n1C/C=C/Cn1c2nc(-c3cc(C)nn3CC)ncc2c2cc(C(N)=O)cc(OCCOCCOCCC(=O)OC(C)(C)C)c21. The minimum absolute atomic E-state index is 0.0761. The van der Waals surface area contributed by atoms with Crippen LogP contribution in [0.4, 0.5) is 5.95 Å². The number of benzene rings is 2. The van der Waals surface area contributed by atoms with Crippen LogP contribution in [0.5, 0.6) is 11.5 Å². The molecule has 0 spiro atoms. The Morgan fingerprint density at radius 1 is 0.767 bits per heavy atom. The van der Waals surface area contributed by atoms with E-state index in [9.17, 15) is 19.2 Å². The molecule has 388 valence electrons. The second-order valence-corrected chi connectivity index (χ2v) is 18.2.